The molecule has 1 spiro atoms. The number of nitrogens with two attached hydrogens (primary N) is 11. The van der Waals surface area contributed by atoms with Crippen LogP contribution in [0.4, 0.5) is 0 Å². The van der Waals surface area contributed by atoms with Crippen LogP contribution in [0.25, 0.3) is 0 Å². The molecule has 3 aromatic rings. The molecular weight excluding hydrogens is 1660 g/mol. The Hall–Kier alpha value is -13.2. The Balaban J connectivity index is 1.45. The van der Waals surface area contributed by atoms with E-state index in [1.807, 2.05) is 0 Å². The number of guanidine groups is 5. The highest BCUT2D eigenvalue weighted by atomic mass is 16.6. The molecule has 128 heavy (non-hydrogen) atoms. The van der Waals surface area contributed by atoms with Crippen LogP contribution in [0.1, 0.15) is 198 Å². The van der Waals surface area contributed by atoms with Crippen LogP contribution in [-0.2, 0) is 58.3 Å². The van der Waals surface area contributed by atoms with Gasteiger partial charge in [-0.1, -0.05) is 6.07 Å². The number of ether oxygens (including phenoxy) is 2. The van der Waals surface area contributed by atoms with Gasteiger partial charge in [0.05, 0.1) is 5.56 Å². The zero-order chi connectivity index (χ0) is 94.4. The number of primary amides is 1. The van der Waals surface area contributed by atoms with E-state index in [1.165, 1.54) is 54.6 Å². The molecule has 10 atom stereocenters. The van der Waals surface area contributed by atoms with Gasteiger partial charge >= 0.3 is 5.97 Å². The summed E-state index contributed by atoms with van der Waals surface area (Å²) in [5.74, 6) is -12.6. The summed E-state index contributed by atoms with van der Waals surface area (Å²) in [5, 5.41) is 99.6. The third-order valence-corrected chi connectivity index (χ3v) is 21.0. The van der Waals surface area contributed by atoms with Crippen LogP contribution >= 0.6 is 0 Å². The number of carbonyl (C=O) groups excluding carboxylic acids is 12. The normalized spacial score (nSPS) is 14.3. The number of aromatic hydroxyl groups is 2. The fourth-order valence-corrected chi connectivity index (χ4v) is 14.4. The number of phenols is 2. The SMILES string of the molecule is N=C(N)NCCC[C@H](NC(=O)[C@H](CCCCN)NC(=O)[C@H](CCCNC(=N)N)NC(=O)[C@H](CCCCN)NC(=O)[C@H](CCCNC(=N)N)NC(=O)[C@H](CCCCN)NC(=O)[C@H](CCCNC(=N)N)NC(=O)[C@H](CCCCN)NC(=O)[C@H](CCCNC(=N)N)NC(=O)[C@H](CCCCN)NC(=O)c1ccc2c(c1)C(=O)OC21c2ccc(O)cc2Oc2cc(O)ccc21)C(N)=O. The second-order valence-corrected chi connectivity index (χ2v) is 31.1. The number of benzene rings is 3. The summed E-state index contributed by atoms with van der Waals surface area (Å²) in [6.07, 6.45) is 2.71. The average molecular weight is 1800 g/mol. The Labute approximate surface area is 742 Å². The van der Waals surface area contributed by atoms with E-state index < -0.39 is 155 Å². The summed E-state index contributed by atoms with van der Waals surface area (Å²) >= 11 is 0. The highest BCUT2D eigenvalue weighted by Gasteiger charge is 2.54. The van der Waals surface area contributed by atoms with Crippen molar-refractivity contribution in [3.63, 3.8) is 0 Å². The van der Waals surface area contributed by atoms with Gasteiger partial charge in [0.2, 0.25) is 59.1 Å². The predicted molar refractivity (Wildman–Crippen MR) is 476 cm³/mol. The maximum absolute atomic E-state index is 15.1. The van der Waals surface area contributed by atoms with Crippen molar-refractivity contribution in [2.24, 2.45) is 63.1 Å². The van der Waals surface area contributed by atoms with Crippen molar-refractivity contribution in [3.8, 4) is 23.0 Å². The smallest absolute Gasteiger partial charge is 0.340 e. The lowest BCUT2D eigenvalue weighted by Gasteiger charge is -2.36. The van der Waals surface area contributed by atoms with Gasteiger partial charge in [-0.2, -0.15) is 0 Å². The van der Waals surface area contributed by atoms with Crippen molar-refractivity contribution in [2.75, 3.05) is 65.4 Å². The molecule has 44 N–H and O–H groups in total. The quantitative estimate of drug-likeness (QED) is 0.0109. The molecule has 5 rings (SSSR count). The van der Waals surface area contributed by atoms with E-state index in [0.717, 1.165) is 0 Å². The summed E-state index contributed by atoms with van der Waals surface area (Å²) in [5.41, 5.74) is 62.1. The van der Waals surface area contributed by atoms with Crippen LogP contribution < -0.4 is 148 Å². The minimum Gasteiger partial charge on any atom is -0.508 e. The Morgan fingerprint density at radius 2 is 0.547 bits per heavy atom. The third kappa shape index (κ3) is 35.0. The molecule has 0 unspecified atom stereocenters. The van der Waals surface area contributed by atoms with Crippen LogP contribution in [0, 0.1) is 27.0 Å². The molecule has 11 amide bonds. The molecule has 2 aliphatic heterocycles. The second-order valence-electron chi connectivity index (χ2n) is 31.1. The van der Waals surface area contributed by atoms with Crippen LogP contribution in [0.3, 0.4) is 0 Å². The first-order valence-electron chi connectivity index (χ1n) is 43.1. The number of esters is 1. The first-order chi connectivity index (χ1) is 61.1. The molecule has 2 aliphatic rings. The number of rotatable bonds is 61. The van der Waals surface area contributed by atoms with Gasteiger partial charge in [0.15, 0.2) is 35.4 Å². The number of nitrogens with one attached hydrogen (secondary N) is 20. The maximum atomic E-state index is 15.1. The average Bonchev–Trinajstić information content (AvgIpc) is 1.25. The molecule has 47 heteroatoms. The molecule has 0 bridgehead atoms. The minimum atomic E-state index is -1.67. The van der Waals surface area contributed by atoms with Gasteiger partial charge in [-0.05, 0) is 230 Å². The van der Waals surface area contributed by atoms with Crippen LogP contribution in [0.5, 0.6) is 23.0 Å². The van der Waals surface area contributed by atoms with E-state index in [0.29, 0.717) is 56.1 Å². The van der Waals surface area contributed by atoms with Crippen molar-refractivity contribution in [2.45, 2.75) is 227 Å². The molecule has 708 valence electrons. The number of carbonyl (C=O) groups is 12. The van der Waals surface area contributed by atoms with Crippen LogP contribution in [0.15, 0.2) is 54.6 Å². The molecular formula is C81H133N31O16. The summed E-state index contributed by atoms with van der Waals surface area (Å²) in [6.45, 7) is 1.13. The van der Waals surface area contributed by atoms with Gasteiger partial charge < -0.3 is 163 Å². The fourth-order valence-electron chi connectivity index (χ4n) is 14.4. The second kappa shape index (κ2) is 55.3. The minimum absolute atomic E-state index is 0.00197. The summed E-state index contributed by atoms with van der Waals surface area (Å²) in [6, 6.07) is -1.65. The Morgan fingerprint density at radius 3 is 0.797 bits per heavy atom. The Kier molecular flexibility index (Phi) is 45.6. The van der Waals surface area contributed by atoms with Gasteiger partial charge in [0, 0.05) is 67.1 Å². The molecule has 0 radical (unpaired) electrons. The van der Waals surface area contributed by atoms with Gasteiger partial charge in [-0.15, -0.1) is 0 Å². The van der Waals surface area contributed by atoms with E-state index in [2.05, 4.69) is 79.8 Å². The zero-order valence-corrected chi connectivity index (χ0v) is 72.2. The maximum Gasteiger partial charge on any atom is 0.340 e. The standard InChI is InChI=1S/C81H133N31O16/c82-32-6-1-16-53(104-65(116)45-26-29-49-48(42-45)75(126)128-81(49)50-30-27-46(113)43-62(50)127-63-44-47(114)28-31-51(63)81)67(118)109-58(22-12-38-99-77(90)91)72(123)106-55(18-3-8-34-84)69(120)111-60(24-14-40-101-79(94)95)74(125)108-57(20-5-10-36-86)70(121)112-61(25-15-41-102-80(96)97)73(124)107-56(19-4-9-35-85)68(119)110-59(23-13-39-100-78(92)93)71(122)105-54(17-2-7-33-83)66(117)103-52(64(87)115)21-11-37-98-76(88)89/h26-31,42-44,52-61,113-114H,1-25,32-41,82-86H2,(H2,87,115)(H,103,117)(H,104,116)(H,105,122)(H,106,123)(H,107,124)(H,108,125)(H,109,118)(H,110,119)(H,111,120)(H,112,121)(H4,88,89,98)(H4,90,91,99)(H4,92,93,100)(H4,94,95,101)(H4,96,97,102)/t52-,53-,54-,55-,56-,57-,58-,59-,60-,61-/m0/s1. The van der Waals surface area contributed by atoms with Crippen molar-refractivity contribution in [3.05, 3.63) is 82.4 Å². The number of fused-ring (bicyclic) bond motifs is 6. The summed E-state index contributed by atoms with van der Waals surface area (Å²) in [7, 11) is 0. The van der Waals surface area contributed by atoms with E-state index in [9.17, 15) is 53.4 Å². The number of hydrogen-bond donors (Lipinski definition) is 33. The van der Waals surface area contributed by atoms with Crippen molar-refractivity contribution >= 4 is 101 Å². The number of amides is 11. The zero-order valence-electron chi connectivity index (χ0n) is 72.2. The molecule has 0 saturated carbocycles. The van der Waals surface area contributed by atoms with Crippen molar-refractivity contribution in [1.82, 2.24) is 79.8 Å². The van der Waals surface area contributed by atoms with Crippen LogP contribution in [0.2, 0.25) is 0 Å². The summed E-state index contributed by atoms with van der Waals surface area (Å²) < 4.78 is 12.3. The fraction of sp³-hybridized carbons (Fsp3) is 0.568. The van der Waals surface area contributed by atoms with E-state index in [-0.39, 0.29) is 233 Å². The van der Waals surface area contributed by atoms with Crippen LogP contribution in [-0.4, -0.2) is 237 Å². The lowest BCUT2D eigenvalue weighted by Crippen LogP contribution is -2.60. The van der Waals surface area contributed by atoms with Gasteiger partial charge in [-0.3, -0.25) is 79.8 Å². The highest BCUT2D eigenvalue weighted by Crippen LogP contribution is 2.57. The Bertz CT molecular complexity index is 4240. The first kappa shape index (κ1) is 105. The number of unbranched alkanes of at least 4 members (excludes halogenated alkanes) is 5. The molecule has 47 nitrogen and oxygen atoms in total. The monoisotopic (exact) mass is 1800 g/mol. The molecule has 0 saturated heterocycles. The molecule has 0 aromatic heterocycles. The lowest BCUT2D eigenvalue weighted by molar-refractivity contribution is -0.136. The van der Waals surface area contributed by atoms with Gasteiger partial charge in [-0.25, -0.2) is 4.79 Å². The topological polar surface area (TPSA) is 850 Å². The molecule has 2 heterocycles. The predicted octanol–water partition coefficient (Wildman–Crippen LogP) is -5.43. The van der Waals surface area contributed by atoms with E-state index >= 15 is 14.4 Å². The molecule has 0 fully saturated rings. The lowest BCUT2D eigenvalue weighted by atomic mass is 9.77. The molecule has 0 aliphatic carbocycles. The van der Waals surface area contributed by atoms with Crippen molar-refractivity contribution < 1.29 is 77.2 Å². The van der Waals surface area contributed by atoms with E-state index in [4.69, 9.17) is 99.6 Å². The van der Waals surface area contributed by atoms with Gasteiger partial charge in [0.1, 0.15) is 83.4 Å². The number of phenolic OH excluding ortho intramolecular Hbond substituents is 2. The highest BCUT2D eigenvalue weighted by molar-refractivity contribution is 6.04. The largest absolute Gasteiger partial charge is 0.508 e. The third-order valence-electron chi connectivity index (χ3n) is 21.0. The van der Waals surface area contributed by atoms with E-state index in [1.54, 1.807) is 0 Å². The Morgan fingerprint density at radius 1 is 0.312 bits per heavy atom. The van der Waals surface area contributed by atoms with Gasteiger partial charge in [0.25, 0.3) is 5.91 Å². The summed E-state index contributed by atoms with van der Waals surface area (Å²) in [4.78, 5) is 174. The first-order valence-corrected chi connectivity index (χ1v) is 43.1. The molecule has 3 aromatic carbocycles. The number of hydrogen-bond acceptors (Lipinski definition) is 26. The van der Waals surface area contributed by atoms with Crippen molar-refractivity contribution in [1.29, 1.82) is 27.0 Å².